The predicted octanol–water partition coefficient (Wildman–Crippen LogP) is 4.35. The number of nitrogens with zero attached hydrogens (tertiary/aromatic N) is 1. The molecular weight excluding hydrogens is 366 g/mol. The number of ether oxygens (including phenoxy) is 2. The predicted molar refractivity (Wildman–Crippen MR) is 104 cm³/mol. The second-order valence-corrected chi connectivity index (χ2v) is 6.73. The Morgan fingerprint density at radius 1 is 1.19 bits per heavy atom. The van der Waals surface area contributed by atoms with Crippen LogP contribution in [0.25, 0.3) is 6.08 Å². The summed E-state index contributed by atoms with van der Waals surface area (Å²) in [5.41, 5.74) is 0.820. The van der Waals surface area contributed by atoms with Crippen LogP contribution in [0.5, 0.6) is 11.5 Å². The first kappa shape index (κ1) is 18.8. The van der Waals surface area contributed by atoms with Gasteiger partial charge in [0.25, 0.3) is 11.1 Å². The molecule has 0 bridgehead atoms. The number of hydrogen-bond donors (Lipinski definition) is 0. The molecule has 1 aromatic heterocycles. The Morgan fingerprint density at radius 3 is 2.67 bits per heavy atom. The molecule has 0 unspecified atom stereocenters. The maximum absolute atomic E-state index is 12.5. The van der Waals surface area contributed by atoms with Crippen LogP contribution in [-0.4, -0.2) is 36.3 Å². The Morgan fingerprint density at radius 2 is 1.96 bits per heavy atom. The molecule has 0 spiro atoms. The van der Waals surface area contributed by atoms with E-state index in [1.54, 1.807) is 43.7 Å². The highest BCUT2D eigenvalue weighted by atomic mass is 32.2. The van der Waals surface area contributed by atoms with E-state index < -0.39 is 0 Å². The van der Waals surface area contributed by atoms with Gasteiger partial charge < -0.3 is 13.9 Å². The molecule has 6 nitrogen and oxygen atoms in total. The van der Waals surface area contributed by atoms with Crippen LogP contribution in [0.2, 0.25) is 0 Å². The van der Waals surface area contributed by atoms with Gasteiger partial charge >= 0.3 is 0 Å². The van der Waals surface area contributed by atoms with Crippen LogP contribution in [0.3, 0.4) is 0 Å². The van der Waals surface area contributed by atoms with Crippen LogP contribution in [0, 0.1) is 0 Å². The lowest BCUT2D eigenvalue weighted by atomic mass is 10.2. The molecule has 0 aliphatic carbocycles. The molecule has 1 aliphatic heterocycles. The number of allylic oxidation sites excluding steroid dienone is 2. The lowest BCUT2D eigenvalue weighted by Gasteiger charge is -2.14. The van der Waals surface area contributed by atoms with Crippen LogP contribution in [0.1, 0.15) is 12.7 Å². The summed E-state index contributed by atoms with van der Waals surface area (Å²) in [5, 5.41) is -0.305. The van der Waals surface area contributed by atoms with Crippen molar-refractivity contribution in [3.05, 3.63) is 65.0 Å². The number of thioether (sulfide) groups is 1. The second kappa shape index (κ2) is 8.64. The third kappa shape index (κ3) is 4.62. The van der Waals surface area contributed by atoms with Crippen molar-refractivity contribution in [3.8, 4) is 11.5 Å². The Labute approximate surface area is 161 Å². The van der Waals surface area contributed by atoms with E-state index in [-0.39, 0.29) is 24.3 Å². The second-order valence-electron chi connectivity index (χ2n) is 5.74. The molecule has 1 aromatic carbocycles. The fraction of sp³-hybridized carbons (Fsp3) is 0.200. The summed E-state index contributed by atoms with van der Waals surface area (Å²) in [6.07, 6.45) is 5.07. The van der Waals surface area contributed by atoms with Crippen molar-refractivity contribution in [3.63, 3.8) is 0 Å². The molecule has 7 heteroatoms. The number of carbonyl (C=O) groups excluding carboxylic acids is 2. The average molecular weight is 385 g/mol. The van der Waals surface area contributed by atoms with Crippen LogP contribution in [-0.2, 0) is 4.79 Å². The quantitative estimate of drug-likeness (QED) is 0.660. The van der Waals surface area contributed by atoms with Gasteiger partial charge in [-0.2, -0.15) is 0 Å². The molecule has 2 heterocycles. The number of methoxy groups -OCH3 is 1. The van der Waals surface area contributed by atoms with Crippen LogP contribution >= 0.6 is 11.8 Å². The Bertz CT molecular complexity index is 886. The number of benzene rings is 1. The van der Waals surface area contributed by atoms with E-state index >= 15 is 0 Å². The summed E-state index contributed by atoms with van der Waals surface area (Å²) in [6, 6.07) is 10.8. The van der Waals surface area contributed by atoms with Gasteiger partial charge in [-0.05, 0) is 60.7 Å². The Balaban J connectivity index is 1.61. The van der Waals surface area contributed by atoms with Crippen molar-refractivity contribution in [2.24, 2.45) is 0 Å². The minimum absolute atomic E-state index is 0.168. The average Bonchev–Trinajstić information content (AvgIpc) is 3.25. The van der Waals surface area contributed by atoms with Gasteiger partial charge in [-0.1, -0.05) is 12.1 Å². The maximum Gasteiger partial charge on any atom is 0.293 e. The lowest BCUT2D eigenvalue weighted by molar-refractivity contribution is -0.123. The number of carbonyl (C=O) groups is 2. The van der Waals surface area contributed by atoms with Crippen LogP contribution in [0.15, 0.2) is 63.6 Å². The highest BCUT2D eigenvalue weighted by molar-refractivity contribution is 8.18. The molecule has 2 amide bonds. The molecule has 0 saturated carbocycles. The molecule has 1 saturated heterocycles. The molecule has 140 valence electrons. The highest BCUT2D eigenvalue weighted by Crippen LogP contribution is 2.32. The van der Waals surface area contributed by atoms with Gasteiger partial charge in [0.1, 0.15) is 12.4 Å². The topological polar surface area (TPSA) is 69.0 Å². The van der Waals surface area contributed by atoms with Crippen molar-refractivity contribution < 1.29 is 23.5 Å². The largest absolute Gasteiger partial charge is 0.493 e. The summed E-state index contributed by atoms with van der Waals surface area (Å²) in [5.74, 6) is 1.54. The molecule has 3 rings (SSSR count). The van der Waals surface area contributed by atoms with Crippen molar-refractivity contribution in [1.82, 2.24) is 4.90 Å². The number of amides is 2. The Hall–Kier alpha value is -2.93. The third-order valence-electron chi connectivity index (χ3n) is 3.79. The number of hydrogen-bond acceptors (Lipinski definition) is 6. The monoisotopic (exact) mass is 385 g/mol. The molecule has 1 fully saturated rings. The molecule has 27 heavy (non-hydrogen) atoms. The summed E-state index contributed by atoms with van der Waals surface area (Å²) >= 11 is 0.923. The lowest BCUT2D eigenvalue weighted by Crippen LogP contribution is -2.32. The smallest absolute Gasteiger partial charge is 0.293 e. The zero-order valence-corrected chi connectivity index (χ0v) is 15.8. The van der Waals surface area contributed by atoms with Crippen LogP contribution in [0.4, 0.5) is 4.79 Å². The van der Waals surface area contributed by atoms with Crippen LogP contribution < -0.4 is 9.47 Å². The normalized spacial score (nSPS) is 16.3. The molecular formula is C20H19NO5S. The molecule has 2 aromatic rings. The first-order valence-electron chi connectivity index (χ1n) is 8.31. The minimum Gasteiger partial charge on any atom is -0.493 e. The molecule has 0 radical (unpaired) electrons. The van der Waals surface area contributed by atoms with Gasteiger partial charge in [0.05, 0.1) is 24.8 Å². The molecule has 0 atom stereocenters. The van der Waals surface area contributed by atoms with E-state index in [9.17, 15) is 9.59 Å². The van der Waals surface area contributed by atoms with Gasteiger partial charge in [-0.3, -0.25) is 14.5 Å². The summed E-state index contributed by atoms with van der Waals surface area (Å²) in [6.45, 7) is 2.20. The summed E-state index contributed by atoms with van der Waals surface area (Å²) < 4.78 is 16.1. The Kier molecular flexibility index (Phi) is 6.03. The first-order valence-corrected chi connectivity index (χ1v) is 9.13. The number of imide groups is 1. The third-order valence-corrected chi connectivity index (χ3v) is 4.69. The maximum atomic E-state index is 12.5. The van der Waals surface area contributed by atoms with Crippen molar-refractivity contribution >= 4 is 29.0 Å². The molecule has 0 N–H and O–H groups in total. The van der Waals surface area contributed by atoms with E-state index in [4.69, 9.17) is 13.9 Å². The van der Waals surface area contributed by atoms with E-state index in [0.29, 0.717) is 22.2 Å². The van der Waals surface area contributed by atoms with E-state index in [2.05, 4.69) is 0 Å². The van der Waals surface area contributed by atoms with Crippen molar-refractivity contribution in [1.29, 1.82) is 0 Å². The summed E-state index contributed by atoms with van der Waals surface area (Å²) in [7, 11) is 1.56. The number of rotatable bonds is 7. The first-order chi connectivity index (χ1) is 13.1. The standard InChI is InChI=1S/C20H19NO5S/c1-14(12-15-6-5-10-25-15)13-18-19(22)21(20(23)27-18)9-11-26-17-8-4-3-7-16(17)24-2/h3-8,10,12-13H,9,11H2,1-2H3/b14-12+,18-13-. The van der Waals surface area contributed by atoms with Gasteiger partial charge in [0.15, 0.2) is 11.5 Å². The van der Waals surface area contributed by atoms with Crippen molar-refractivity contribution in [2.75, 3.05) is 20.3 Å². The zero-order valence-electron chi connectivity index (χ0n) is 15.0. The highest BCUT2D eigenvalue weighted by Gasteiger charge is 2.34. The minimum atomic E-state index is -0.319. The van der Waals surface area contributed by atoms with E-state index in [1.807, 2.05) is 25.1 Å². The van der Waals surface area contributed by atoms with Crippen molar-refractivity contribution in [2.45, 2.75) is 6.92 Å². The fourth-order valence-corrected chi connectivity index (χ4v) is 3.44. The van der Waals surface area contributed by atoms with Gasteiger partial charge in [0, 0.05) is 0 Å². The van der Waals surface area contributed by atoms with Gasteiger partial charge in [-0.25, -0.2) is 0 Å². The molecule has 1 aliphatic rings. The number of para-hydroxylation sites is 2. The van der Waals surface area contributed by atoms with Gasteiger partial charge in [-0.15, -0.1) is 0 Å². The van der Waals surface area contributed by atoms with Gasteiger partial charge in [0.2, 0.25) is 0 Å². The number of furan rings is 1. The van der Waals surface area contributed by atoms with E-state index in [0.717, 1.165) is 17.3 Å². The summed E-state index contributed by atoms with van der Waals surface area (Å²) in [4.78, 5) is 26.2. The fourth-order valence-electron chi connectivity index (χ4n) is 2.52. The van der Waals surface area contributed by atoms with E-state index in [1.165, 1.54) is 4.90 Å². The zero-order chi connectivity index (χ0) is 19.2. The SMILES string of the molecule is COc1ccccc1OCCN1C(=O)S/C(=C\C(C)=C\c2ccco2)C1=O.